The topological polar surface area (TPSA) is 72.9 Å². The van der Waals surface area contributed by atoms with E-state index in [1.807, 2.05) is 55.5 Å². The first-order valence-corrected chi connectivity index (χ1v) is 8.18. The Bertz CT molecular complexity index is 865. The maximum Gasteiger partial charge on any atom is 0.245 e. The lowest BCUT2D eigenvalue weighted by Gasteiger charge is -2.12. The van der Waals surface area contributed by atoms with Crippen LogP contribution in [-0.2, 0) is 11.3 Å². The van der Waals surface area contributed by atoms with Gasteiger partial charge in [0.05, 0.1) is 11.0 Å². The summed E-state index contributed by atoms with van der Waals surface area (Å²) < 4.78 is 2.19. The quantitative estimate of drug-likeness (QED) is 0.679. The number of carbonyl (C=O) groups is 1. The predicted molar refractivity (Wildman–Crippen MR) is 111 cm³/mol. The number of fused-ring (bicyclic) bond motifs is 1. The maximum atomic E-state index is 12.4. The molecule has 0 spiro atoms. The van der Waals surface area contributed by atoms with Gasteiger partial charge in [0.15, 0.2) is 0 Å². The number of rotatable bonds is 5. The second-order valence-corrected chi connectivity index (χ2v) is 5.89. The molecule has 2 aromatic carbocycles. The minimum atomic E-state index is -0.693. The van der Waals surface area contributed by atoms with Crippen LogP contribution in [0.25, 0.3) is 11.0 Å². The van der Waals surface area contributed by atoms with Crippen LogP contribution in [0.5, 0.6) is 0 Å². The normalized spacial score (nSPS) is 11.3. The van der Waals surface area contributed by atoms with Crippen molar-refractivity contribution < 1.29 is 4.79 Å². The monoisotopic (exact) mass is 394 g/mol. The number of benzene rings is 2. The van der Waals surface area contributed by atoms with Crippen LogP contribution in [0.4, 0.5) is 5.69 Å². The number of imidazole rings is 1. The van der Waals surface area contributed by atoms with Gasteiger partial charge in [0, 0.05) is 12.2 Å². The van der Waals surface area contributed by atoms with Crippen LogP contribution in [0.3, 0.4) is 0 Å². The summed E-state index contributed by atoms with van der Waals surface area (Å²) in [7, 11) is 0. The van der Waals surface area contributed by atoms with Gasteiger partial charge in [0.2, 0.25) is 5.91 Å². The molecule has 1 atom stereocenters. The Morgan fingerprint density at radius 2 is 1.88 bits per heavy atom. The van der Waals surface area contributed by atoms with E-state index >= 15 is 0 Å². The first kappa shape index (κ1) is 22.0. The standard InChI is InChI=1S/C19H22N4O.2ClH/c1-3-11-23-13(2)21-16-12-15(9-10-17(16)23)22-19(24)18(20)14-7-5-4-6-8-14;;/h4-10,12,18H,3,11,20H2,1-2H3,(H,22,24);2*1H/t18-;;/m1../s1. The molecule has 1 aromatic heterocycles. The van der Waals surface area contributed by atoms with Crippen molar-refractivity contribution in [1.82, 2.24) is 9.55 Å². The van der Waals surface area contributed by atoms with Gasteiger partial charge in [-0.15, -0.1) is 24.8 Å². The molecule has 5 nitrogen and oxygen atoms in total. The zero-order chi connectivity index (χ0) is 17.1. The number of amides is 1. The van der Waals surface area contributed by atoms with Gasteiger partial charge in [-0.3, -0.25) is 4.79 Å². The van der Waals surface area contributed by atoms with E-state index in [0.717, 1.165) is 35.4 Å². The van der Waals surface area contributed by atoms with Crippen molar-refractivity contribution in [2.45, 2.75) is 32.9 Å². The number of aromatic nitrogens is 2. The van der Waals surface area contributed by atoms with Crippen molar-refractivity contribution in [3.8, 4) is 0 Å². The van der Waals surface area contributed by atoms with Gasteiger partial charge in [0.1, 0.15) is 11.9 Å². The van der Waals surface area contributed by atoms with Crippen LogP contribution >= 0.6 is 24.8 Å². The minimum Gasteiger partial charge on any atom is -0.328 e. The van der Waals surface area contributed by atoms with E-state index in [9.17, 15) is 4.79 Å². The first-order chi connectivity index (χ1) is 11.6. The van der Waals surface area contributed by atoms with Gasteiger partial charge < -0.3 is 15.6 Å². The van der Waals surface area contributed by atoms with E-state index in [0.29, 0.717) is 5.69 Å². The molecule has 0 saturated heterocycles. The highest BCUT2D eigenvalue weighted by Gasteiger charge is 2.16. The highest BCUT2D eigenvalue weighted by molar-refractivity contribution is 5.97. The molecule has 0 aliphatic rings. The Balaban J connectivity index is 0.00000169. The Hall–Kier alpha value is -2.08. The summed E-state index contributed by atoms with van der Waals surface area (Å²) in [5.74, 6) is 0.751. The highest BCUT2D eigenvalue weighted by atomic mass is 35.5. The molecule has 0 aliphatic heterocycles. The maximum absolute atomic E-state index is 12.4. The largest absolute Gasteiger partial charge is 0.328 e. The summed E-state index contributed by atoms with van der Waals surface area (Å²) in [4.78, 5) is 16.9. The molecule has 140 valence electrons. The molecule has 0 radical (unpaired) electrons. The number of carbonyl (C=O) groups excluding carboxylic acids is 1. The molecule has 26 heavy (non-hydrogen) atoms. The summed E-state index contributed by atoms with van der Waals surface area (Å²) in [5.41, 5.74) is 9.50. The summed E-state index contributed by atoms with van der Waals surface area (Å²) in [6.45, 7) is 5.08. The molecule has 3 aromatic rings. The van der Waals surface area contributed by atoms with E-state index in [1.165, 1.54) is 0 Å². The van der Waals surface area contributed by atoms with E-state index < -0.39 is 6.04 Å². The van der Waals surface area contributed by atoms with Crippen LogP contribution < -0.4 is 11.1 Å². The molecule has 1 heterocycles. The number of nitrogens with one attached hydrogen (secondary N) is 1. The number of hydrogen-bond acceptors (Lipinski definition) is 3. The van der Waals surface area contributed by atoms with E-state index in [-0.39, 0.29) is 30.7 Å². The second-order valence-electron chi connectivity index (χ2n) is 5.89. The van der Waals surface area contributed by atoms with Crippen LogP contribution in [-0.4, -0.2) is 15.5 Å². The molecule has 0 bridgehead atoms. The van der Waals surface area contributed by atoms with Gasteiger partial charge in [-0.2, -0.15) is 0 Å². The fourth-order valence-corrected chi connectivity index (χ4v) is 2.87. The lowest BCUT2D eigenvalue weighted by Crippen LogP contribution is -2.27. The smallest absolute Gasteiger partial charge is 0.245 e. The third-order valence-corrected chi connectivity index (χ3v) is 4.10. The lowest BCUT2D eigenvalue weighted by atomic mass is 10.1. The van der Waals surface area contributed by atoms with Gasteiger partial charge in [-0.1, -0.05) is 37.3 Å². The third kappa shape index (κ3) is 4.55. The van der Waals surface area contributed by atoms with Gasteiger partial charge in [0.25, 0.3) is 0 Å². The number of nitrogens with two attached hydrogens (primary N) is 1. The number of hydrogen-bond donors (Lipinski definition) is 2. The van der Waals surface area contributed by atoms with Crippen LogP contribution in [0.1, 0.15) is 30.8 Å². The Morgan fingerprint density at radius 3 is 2.54 bits per heavy atom. The van der Waals surface area contributed by atoms with Gasteiger partial charge >= 0.3 is 0 Å². The Labute approximate surface area is 165 Å². The zero-order valence-corrected chi connectivity index (χ0v) is 16.4. The first-order valence-electron chi connectivity index (χ1n) is 8.18. The van der Waals surface area contributed by atoms with E-state index in [2.05, 4.69) is 21.8 Å². The average Bonchev–Trinajstić information content (AvgIpc) is 2.90. The third-order valence-electron chi connectivity index (χ3n) is 4.10. The summed E-state index contributed by atoms with van der Waals surface area (Å²) in [6, 6.07) is 14.4. The lowest BCUT2D eigenvalue weighted by molar-refractivity contribution is -0.117. The molecule has 0 unspecified atom stereocenters. The molecule has 3 rings (SSSR count). The SMILES string of the molecule is CCCn1c(C)nc2cc(NC(=O)[C@H](N)c3ccccc3)ccc21.Cl.Cl. The molecule has 0 saturated carbocycles. The minimum absolute atomic E-state index is 0. The number of halogens is 2. The predicted octanol–water partition coefficient (Wildman–Crippen LogP) is 4.24. The van der Waals surface area contributed by atoms with Crippen molar-refractivity contribution in [1.29, 1.82) is 0 Å². The van der Waals surface area contributed by atoms with Crippen LogP contribution in [0.2, 0.25) is 0 Å². The van der Waals surface area contributed by atoms with Crippen LogP contribution in [0.15, 0.2) is 48.5 Å². The highest BCUT2D eigenvalue weighted by Crippen LogP contribution is 2.22. The molecular weight excluding hydrogens is 371 g/mol. The summed E-state index contributed by atoms with van der Waals surface area (Å²) >= 11 is 0. The molecule has 1 amide bonds. The van der Waals surface area contributed by atoms with Crippen molar-refractivity contribution in [3.63, 3.8) is 0 Å². The van der Waals surface area contributed by atoms with Gasteiger partial charge in [-0.05, 0) is 37.1 Å². The van der Waals surface area contributed by atoms with Crippen LogP contribution in [0, 0.1) is 6.92 Å². The fraction of sp³-hybridized carbons (Fsp3) is 0.263. The second kappa shape index (κ2) is 9.57. The van der Waals surface area contributed by atoms with E-state index in [1.54, 1.807) is 0 Å². The number of nitrogens with zero attached hydrogens (tertiary/aromatic N) is 2. The summed E-state index contributed by atoms with van der Waals surface area (Å²) in [5, 5.41) is 2.88. The van der Waals surface area contributed by atoms with Crippen molar-refractivity contribution in [3.05, 3.63) is 59.9 Å². The molecular formula is C19H24Cl2N4O. The number of anilines is 1. The van der Waals surface area contributed by atoms with Crippen molar-refractivity contribution >= 4 is 47.4 Å². The van der Waals surface area contributed by atoms with E-state index in [4.69, 9.17) is 5.73 Å². The zero-order valence-electron chi connectivity index (χ0n) is 14.8. The molecule has 0 aliphatic carbocycles. The number of aryl methyl sites for hydroxylation is 2. The van der Waals surface area contributed by atoms with Crippen molar-refractivity contribution in [2.75, 3.05) is 5.32 Å². The fourth-order valence-electron chi connectivity index (χ4n) is 2.87. The van der Waals surface area contributed by atoms with Gasteiger partial charge in [-0.25, -0.2) is 4.98 Å². The molecule has 0 fully saturated rings. The molecule has 3 N–H and O–H groups in total. The average molecular weight is 395 g/mol. The Kier molecular flexibility index (Phi) is 8.08. The van der Waals surface area contributed by atoms with Crippen molar-refractivity contribution in [2.24, 2.45) is 5.73 Å². The Morgan fingerprint density at radius 1 is 1.19 bits per heavy atom. The molecule has 7 heteroatoms. The summed E-state index contributed by atoms with van der Waals surface area (Å²) in [6.07, 6.45) is 1.05.